The number of aromatic nitrogens is 2. The number of nitrogens with zero attached hydrogens (tertiary/aromatic N) is 4. The van der Waals surface area contributed by atoms with E-state index < -0.39 is 0 Å². The molecule has 1 aromatic heterocycles. The third-order valence-electron chi connectivity index (χ3n) is 3.65. The molecule has 3 rings (SSSR count). The van der Waals surface area contributed by atoms with Crippen molar-refractivity contribution in [1.82, 2.24) is 14.9 Å². The van der Waals surface area contributed by atoms with Gasteiger partial charge >= 0.3 is 0 Å². The minimum atomic E-state index is 0.265. The van der Waals surface area contributed by atoms with Crippen LogP contribution in [0.25, 0.3) is 0 Å². The van der Waals surface area contributed by atoms with Gasteiger partial charge in [0.25, 0.3) is 0 Å². The Morgan fingerprint density at radius 1 is 1.14 bits per heavy atom. The summed E-state index contributed by atoms with van der Waals surface area (Å²) in [4.78, 5) is 13.1. The van der Waals surface area contributed by atoms with E-state index in [-0.39, 0.29) is 5.95 Å². The Hall–Kier alpha value is -2.05. The number of halogens is 1. The maximum Gasteiger partial charge on any atom is 0.223 e. The summed E-state index contributed by atoms with van der Waals surface area (Å²) < 4.78 is 0. The Morgan fingerprint density at radius 2 is 1.91 bits per heavy atom. The van der Waals surface area contributed by atoms with Crippen molar-refractivity contribution in [1.29, 1.82) is 0 Å². The molecule has 2 aromatic rings. The molecule has 1 saturated heterocycles. The highest BCUT2D eigenvalue weighted by Gasteiger charge is 2.16. The number of piperazine rings is 1. The van der Waals surface area contributed by atoms with Gasteiger partial charge in [-0.15, -0.1) is 0 Å². The summed E-state index contributed by atoms with van der Waals surface area (Å²) in [6.45, 7) is 3.90. The minimum Gasteiger partial charge on any atom is -0.368 e. The third-order valence-corrected chi connectivity index (χ3v) is 3.89. The summed E-state index contributed by atoms with van der Waals surface area (Å²) in [6.07, 6.45) is 0. The third kappa shape index (κ3) is 3.58. The van der Waals surface area contributed by atoms with Gasteiger partial charge in [0.1, 0.15) is 11.6 Å². The fourth-order valence-corrected chi connectivity index (χ4v) is 2.62. The Kier molecular flexibility index (Phi) is 4.31. The lowest BCUT2D eigenvalue weighted by Crippen LogP contribution is -2.44. The average molecular weight is 319 g/mol. The maximum atomic E-state index is 6.00. The second-order valence-corrected chi connectivity index (χ2v) is 5.83. The Bertz CT molecular complexity index is 654. The van der Waals surface area contributed by atoms with Crippen molar-refractivity contribution < 1.29 is 0 Å². The van der Waals surface area contributed by atoms with Gasteiger partial charge in [-0.05, 0) is 25.2 Å². The Labute approximate surface area is 134 Å². The van der Waals surface area contributed by atoms with Crippen molar-refractivity contribution in [2.75, 3.05) is 49.2 Å². The van der Waals surface area contributed by atoms with E-state index in [0.717, 1.165) is 37.7 Å². The SMILES string of the molecule is CN1CCN(c2cc(Nc3cccc(Cl)c3)nc(N)n2)CC1. The van der Waals surface area contributed by atoms with Crippen molar-refractivity contribution in [2.24, 2.45) is 0 Å². The fourth-order valence-electron chi connectivity index (χ4n) is 2.43. The van der Waals surface area contributed by atoms with Crippen LogP contribution in [-0.4, -0.2) is 48.1 Å². The van der Waals surface area contributed by atoms with Crippen LogP contribution in [0.4, 0.5) is 23.3 Å². The zero-order chi connectivity index (χ0) is 15.5. The van der Waals surface area contributed by atoms with Gasteiger partial charge < -0.3 is 20.9 Å². The van der Waals surface area contributed by atoms with Crippen molar-refractivity contribution >= 4 is 34.9 Å². The highest BCUT2D eigenvalue weighted by atomic mass is 35.5. The number of benzene rings is 1. The molecule has 0 amide bonds. The number of likely N-dealkylation sites (N-methyl/N-ethyl adjacent to an activating group) is 1. The molecule has 0 bridgehead atoms. The first-order valence-electron chi connectivity index (χ1n) is 7.21. The first-order valence-corrected chi connectivity index (χ1v) is 7.58. The lowest BCUT2D eigenvalue weighted by Gasteiger charge is -2.33. The molecule has 1 aliphatic heterocycles. The standard InChI is InChI=1S/C15H19ClN6/c1-21-5-7-22(8-6-21)14-10-13(19-15(17)20-14)18-12-4-2-3-11(16)9-12/h2-4,9-10H,5-8H2,1H3,(H3,17,18,19,20). The van der Waals surface area contributed by atoms with Crippen LogP contribution in [0.1, 0.15) is 0 Å². The Morgan fingerprint density at radius 3 is 2.64 bits per heavy atom. The highest BCUT2D eigenvalue weighted by molar-refractivity contribution is 6.30. The molecule has 0 unspecified atom stereocenters. The van der Waals surface area contributed by atoms with E-state index in [1.807, 2.05) is 30.3 Å². The molecule has 7 heteroatoms. The van der Waals surface area contributed by atoms with Gasteiger partial charge in [0, 0.05) is 43.0 Å². The fraction of sp³-hybridized carbons (Fsp3) is 0.333. The van der Waals surface area contributed by atoms with Gasteiger partial charge in [-0.25, -0.2) is 0 Å². The molecule has 0 saturated carbocycles. The average Bonchev–Trinajstić information content (AvgIpc) is 2.47. The van der Waals surface area contributed by atoms with E-state index in [4.69, 9.17) is 17.3 Å². The summed E-state index contributed by atoms with van der Waals surface area (Å²) in [5.41, 5.74) is 6.72. The monoisotopic (exact) mass is 318 g/mol. The molecule has 1 aliphatic rings. The van der Waals surface area contributed by atoms with Crippen LogP contribution in [0.5, 0.6) is 0 Å². The molecule has 0 spiro atoms. The summed E-state index contributed by atoms with van der Waals surface area (Å²) >= 11 is 6.00. The predicted octanol–water partition coefficient (Wildman–Crippen LogP) is 2.21. The van der Waals surface area contributed by atoms with Crippen molar-refractivity contribution in [3.05, 3.63) is 35.4 Å². The number of hydrogen-bond acceptors (Lipinski definition) is 6. The number of nitrogens with one attached hydrogen (secondary N) is 1. The molecule has 116 valence electrons. The maximum absolute atomic E-state index is 6.00. The zero-order valence-corrected chi connectivity index (χ0v) is 13.2. The van der Waals surface area contributed by atoms with E-state index >= 15 is 0 Å². The van der Waals surface area contributed by atoms with Crippen molar-refractivity contribution in [2.45, 2.75) is 0 Å². The van der Waals surface area contributed by atoms with Gasteiger partial charge in [-0.2, -0.15) is 9.97 Å². The van der Waals surface area contributed by atoms with E-state index in [9.17, 15) is 0 Å². The quantitative estimate of drug-likeness (QED) is 0.904. The summed E-state index contributed by atoms with van der Waals surface area (Å²) in [5.74, 6) is 1.79. The minimum absolute atomic E-state index is 0.265. The van der Waals surface area contributed by atoms with Crippen LogP contribution in [-0.2, 0) is 0 Å². The van der Waals surface area contributed by atoms with Crippen molar-refractivity contribution in [3.63, 3.8) is 0 Å². The summed E-state index contributed by atoms with van der Waals surface area (Å²) in [7, 11) is 2.12. The van der Waals surface area contributed by atoms with E-state index in [1.54, 1.807) is 0 Å². The molecule has 1 fully saturated rings. The number of anilines is 4. The number of nitrogen functional groups attached to an aromatic ring is 1. The summed E-state index contributed by atoms with van der Waals surface area (Å²) in [6, 6.07) is 9.41. The van der Waals surface area contributed by atoms with Crippen LogP contribution in [0.15, 0.2) is 30.3 Å². The van der Waals surface area contributed by atoms with Crippen LogP contribution in [0.2, 0.25) is 5.02 Å². The van der Waals surface area contributed by atoms with Gasteiger partial charge in [0.15, 0.2) is 0 Å². The largest absolute Gasteiger partial charge is 0.368 e. The van der Waals surface area contributed by atoms with Gasteiger partial charge in [0.05, 0.1) is 0 Å². The molecular formula is C15H19ClN6. The summed E-state index contributed by atoms with van der Waals surface area (Å²) in [5, 5.41) is 3.89. The van der Waals surface area contributed by atoms with E-state index in [2.05, 4.69) is 32.1 Å². The van der Waals surface area contributed by atoms with Gasteiger partial charge in [0.2, 0.25) is 5.95 Å². The Balaban J connectivity index is 1.80. The second-order valence-electron chi connectivity index (χ2n) is 5.40. The zero-order valence-electron chi connectivity index (χ0n) is 12.5. The molecule has 2 heterocycles. The first-order chi connectivity index (χ1) is 10.6. The first kappa shape index (κ1) is 14.9. The molecule has 0 radical (unpaired) electrons. The smallest absolute Gasteiger partial charge is 0.223 e. The normalized spacial score (nSPS) is 15.8. The van der Waals surface area contributed by atoms with E-state index in [0.29, 0.717) is 10.8 Å². The van der Waals surface area contributed by atoms with Crippen molar-refractivity contribution in [3.8, 4) is 0 Å². The molecule has 22 heavy (non-hydrogen) atoms. The highest BCUT2D eigenvalue weighted by Crippen LogP contribution is 2.23. The molecule has 1 aromatic carbocycles. The molecule has 3 N–H and O–H groups in total. The van der Waals surface area contributed by atoms with Crippen LogP contribution < -0.4 is 16.0 Å². The van der Waals surface area contributed by atoms with E-state index in [1.165, 1.54) is 0 Å². The van der Waals surface area contributed by atoms with Crippen LogP contribution >= 0.6 is 11.6 Å². The number of nitrogens with two attached hydrogens (primary N) is 1. The van der Waals surface area contributed by atoms with Crippen LogP contribution in [0.3, 0.4) is 0 Å². The second kappa shape index (κ2) is 6.37. The predicted molar refractivity (Wildman–Crippen MR) is 90.9 cm³/mol. The van der Waals surface area contributed by atoms with Gasteiger partial charge in [-0.1, -0.05) is 17.7 Å². The lowest BCUT2D eigenvalue weighted by atomic mass is 10.3. The lowest BCUT2D eigenvalue weighted by molar-refractivity contribution is 0.312. The van der Waals surface area contributed by atoms with Gasteiger partial charge in [-0.3, -0.25) is 0 Å². The molecule has 6 nitrogen and oxygen atoms in total. The van der Waals surface area contributed by atoms with Crippen LogP contribution in [0, 0.1) is 0 Å². The number of hydrogen-bond donors (Lipinski definition) is 2. The topological polar surface area (TPSA) is 70.3 Å². The molecule has 0 aliphatic carbocycles. The molecule has 0 atom stereocenters. The number of rotatable bonds is 3. The molecular weight excluding hydrogens is 300 g/mol.